The fourth-order valence-corrected chi connectivity index (χ4v) is 3.62. The molecule has 0 N–H and O–H groups in total. The zero-order chi connectivity index (χ0) is 22.0. The van der Waals surface area contributed by atoms with Crippen molar-refractivity contribution >= 4 is 11.6 Å². The minimum Gasteiger partial charge on any atom is -0.493 e. The smallest absolute Gasteiger partial charge is 0.417 e. The topological polar surface area (TPSA) is 27.1 Å². The third-order valence-corrected chi connectivity index (χ3v) is 5.05. The van der Waals surface area contributed by atoms with Gasteiger partial charge in [-0.15, -0.1) is 0 Å². The highest BCUT2D eigenvalue weighted by Gasteiger charge is 2.34. The highest BCUT2D eigenvalue weighted by molar-refractivity contribution is 6.31. The maximum Gasteiger partial charge on any atom is 0.417 e. The van der Waals surface area contributed by atoms with E-state index in [1.165, 1.54) is 18.3 Å². The molecule has 0 unspecified atom stereocenters. The van der Waals surface area contributed by atoms with Gasteiger partial charge in [0, 0.05) is 34.2 Å². The molecule has 7 heteroatoms. The number of hydrogen-bond donors (Lipinski definition) is 0. The van der Waals surface area contributed by atoms with Gasteiger partial charge in [-0.1, -0.05) is 41.9 Å². The molecule has 3 aromatic carbocycles. The van der Waals surface area contributed by atoms with Gasteiger partial charge in [0.2, 0.25) is 0 Å². The molecular weight excluding hydrogens is 425 g/mol. The van der Waals surface area contributed by atoms with E-state index in [4.69, 9.17) is 16.3 Å². The minimum atomic E-state index is -4.47. The van der Waals surface area contributed by atoms with Gasteiger partial charge in [0.15, 0.2) is 0 Å². The Hall–Kier alpha value is -3.25. The van der Waals surface area contributed by atoms with E-state index in [-0.39, 0.29) is 11.4 Å². The van der Waals surface area contributed by atoms with Crippen LogP contribution in [0.3, 0.4) is 0 Å². The van der Waals surface area contributed by atoms with Crippen LogP contribution in [0.15, 0.2) is 79.1 Å². The standard InChI is InChI=1S/C24H18ClF3N2O/c1-2-31-22-12-9-17(25)15-20(22)16-7-10-18(11-8-16)30-14-13-29-23(30)19-5-3-4-6-21(19)24(26,27)28/h3-15H,2H2,1H3. The van der Waals surface area contributed by atoms with E-state index in [1.54, 1.807) is 22.9 Å². The summed E-state index contributed by atoms with van der Waals surface area (Å²) in [5.74, 6) is 0.931. The van der Waals surface area contributed by atoms with E-state index in [2.05, 4.69) is 4.98 Å². The van der Waals surface area contributed by atoms with Crippen LogP contribution in [0.5, 0.6) is 5.75 Å². The number of hydrogen-bond acceptors (Lipinski definition) is 2. The number of alkyl halides is 3. The molecule has 31 heavy (non-hydrogen) atoms. The van der Waals surface area contributed by atoms with Crippen molar-refractivity contribution < 1.29 is 17.9 Å². The number of aromatic nitrogens is 2. The van der Waals surface area contributed by atoms with Gasteiger partial charge in [-0.05, 0) is 48.9 Å². The lowest BCUT2D eigenvalue weighted by atomic mass is 10.0. The van der Waals surface area contributed by atoms with Crippen LogP contribution in [0.2, 0.25) is 5.02 Å². The molecular formula is C24H18ClF3N2O. The van der Waals surface area contributed by atoms with Crippen LogP contribution >= 0.6 is 11.6 Å². The summed E-state index contributed by atoms with van der Waals surface area (Å²) in [5.41, 5.74) is 1.71. The Bertz CT molecular complexity index is 1200. The number of nitrogens with zero attached hydrogens (tertiary/aromatic N) is 2. The van der Waals surface area contributed by atoms with Gasteiger partial charge in [0.05, 0.1) is 12.2 Å². The molecule has 0 amide bonds. The summed E-state index contributed by atoms with van der Waals surface area (Å²) in [6.45, 7) is 2.42. The van der Waals surface area contributed by atoms with E-state index in [1.807, 2.05) is 43.3 Å². The Morgan fingerprint density at radius 2 is 1.71 bits per heavy atom. The molecule has 1 heterocycles. The van der Waals surface area contributed by atoms with E-state index >= 15 is 0 Å². The first-order valence-electron chi connectivity index (χ1n) is 9.61. The zero-order valence-corrected chi connectivity index (χ0v) is 17.3. The fourth-order valence-electron chi connectivity index (χ4n) is 3.45. The second kappa shape index (κ2) is 8.47. The van der Waals surface area contributed by atoms with Crippen molar-refractivity contribution in [2.45, 2.75) is 13.1 Å². The van der Waals surface area contributed by atoms with Crippen LogP contribution in [-0.4, -0.2) is 16.2 Å². The van der Waals surface area contributed by atoms with Crippen molar-refractivity contribution in [3.05, 3.63) is 89.7 Å². The van der Waals surface area contributed by atoms with Gasteiger partial charge in [0.1, 0.15) is 11.6 Å². The molecule has 0 atom stereocenters. The second-order valence-corrected chi connectivity index (χ2v) is 7.22. The predicted molar refractivity (Wildman–Crippen MR) is 116 cm³/mol. The minimum absolute atomic E-state index is 0.0255. The van der Waals surface area contributed by atoms with Crippen molar-refractivity contribution in [2.24, 2.45) is 0 Å². The largest absolute Gasteiger partial charge is 0.493 e. The normalized spacial score (nSPS) is 11.5. The Balaban J connectivity index is 1.74. The molecule has 4 rings (SSSR count). The van der Waals surface area contributed by atoms with E-state index in [0.717, 1.165) is 17.2 Å². The molecule has 0 aliphatic carbocycles. The van der Waals surface area contributed by atoms with E-state index in [0.29, 0.717) is 23.1 Å². The zero-order valence-electron chi connectivity index (χ0n) is 16.5. The highest BCUT2D eigenvalue weighted by Crippen LogP contribution is 2.37. The van der Waals surface area contributed by atoms with Crippen molar-refractivity contribution in [3.63, 3.8) is 0 Å². The quantitative estimate of drug-likeness (QED) is 0.325. The molecule has 0 spiro atoms. The Morgan fingerprint density at radius 1 is 0.968 bits per heavy atom. The average Bonchev–Trinajstić information content (AvgIpc) is 3.24. The Morgan fingerprint density at radius 3 is 2.42 bits per heavy atom. The third kappa shape index (κ3) is 4.30. The predicted octanol–water partition coefficient (Wildman–Crippen LogP) is 7.28. The molecule has 1 aromatic heterocycles. The van der Waals surface area contributed by atoms with Crippen molar-refractivity contribution in [2.75, 3.05) is 6.61 Å². The summed E-state index contributed by atoms with van der Waals surface area (Å²) in [5, 5.41) is 0.586. The van der Waals surface area contributed by atoms with Gasteiger partial charge in [-0.2, -0.15) is 13.2 Å². The molecule has 0 bridgehead atoms. The highest BCUT2D eigenvalue weighted by atomic mass is 35.5. The maximum absolute atomic E-state index is 13.5. The summed E-state index contributed by atoms with van der Waals surface area (Å²) in [4.78, 5) is 4.19. The number of imidazole rings is 1. The first-order valence-corrected chi connectivity index (χ1v) is 9.99. The molecule has 0 aliphatic heterocycles. The van der Waals surface area contributed by atoms with Crippen LogP contribution in [0.1, 0.15) is 12.5 Å². The summed E-state index contributed by atoms with van der Waals surface area (Å²) < 4.78 is 47.8. The fraction of sp³-hybridized carbons (Fsp3) is 0.125. The molecule has 4 aromatic rings. The lowest BCUT2D eigenvalue weighted by Gasteiger charge is -2.15. The molecule has 0 radical (unpaired) electrons. The van der Waals surface area contributed by atoms with Crippen LogP contribution in [0.4, 0.5) is 13.2 Å². The van der Waals surface area contributed by atoms with Gasteiger partial charge < -0.3 is 4.74 Å². The summed E-state index contributed by atoms with van der Waals surface area (Å²) in [6, 6.07) is 18.2. The second-order valence-electron chi connectivity index (χ2n) is 6.78. The Kier molecular flexibility index (Phi) is 5.74. The molecule has 0 saturated carbocycles. The van der Waals surface area contributed by atoms with Crippen molar-refractivity contribution in [1.82, 2.24) is 9.55 Å². The first-order chi connectivity index (χ1) is 14.9. The molecule has 0 saturated heterocycles. The van der Waals surface area contributed by atoms with Crippen molar-refractivity contribution in [1.29, 1.82) is 0 Å². The first kappa shape index (κ1) is 21.0. The van der Waals surface area contributed by atoms with Crippen LogP contribution in [-0.2, 0) is 6.18 Å². The number of benzene rings is 3. The Labute approximate surface area is 182 Å². The number of rotatable bonds is 5. The molecule has 158 valence electrons. The molecule has 3 nitrogen and oxygen atoms in total. The van der Waals surface area contributed by atoms with Gasteiger partial charge in [0.25, 0.3) is 0 Å². The summed E-state index contributed by atoms with van der Waals surface area (Å²) in [7, 11) is 0. The lowest BCUT2D eigenvalue weighted by molar-refractivity contribution is -0.137. The van der Waals surface area contributed by atoms with Gasteiger partial charge in [-0.3, -0.25) is 4.57 Å². The summed E-state index contributed by atoms with van der Waals surface area (Å²) >= 11 is 6.16. The lowest BCUT2D eigenvalue weighted by Crippen LogP contribution is -2.08. The van der Waals surface area contributed by atoms with Crippen molar-refractivity contribution in [3.8, 4) is 34.0 Å². The summed E-state index contributed by atoms with van der Waals surface area (Å²) in [6.07, 6.45) is -1.34. The molecule has 0 fully saturated rings. The average molecular weight is 443 g/mol. The monoisotopic (exact) mass is 442 g/mol. The number of halogens is 4. The molecule has 0 aliphatic rings. The van der Waals surface area contributed by atoms with Crippen LogP contribution < -0.4 is 4.74 Å². The van der Waals surface area contributed by atoms with Crippen LogP contribution in [0.25, 0.3) is 28.2 Å². The third-order valence-electron chi connectivity index (χ3n) is 4.81. The van der Waals surface area contributed by atoms with Gasteiger partial charge in [-0.25, -0.2) is 4.98 Å². The van der Waals surface area contributed by atoms with Crippen LogP contribution in [0, 0.1) is 0 Å². The van der Waals surface area contributed by atoms with E-state index < -0.39 is 11.7 Å². The SMILES string of the molecule is CCOc1ccc(Cl)cc1-c1ccc(-n2ccnc2-c2ccccc2C(F)(F)F)cc1. The van der Waals surface area contributed by atoms with Gasteiger partial charge >= 0.3 is 6.18 Å². The van der Waals surface area contributed by atoms with E-state index in [9.17, 15) is 13.2 Å². The maximum atomic E-state index is 13.5. The number of ether oxygens (including phenoxy) is 1.